The molecule has 2 atom stereocenters. The number of aromatic amines is 1. The standard InChI is InChI=1S/C25H31ClFN5O4S/c1-15-7-9-19(27)22(16(15)2)17(3)23(24-28-29-25(33)36-24)32-14-31(12-6-11-30(4)5)20-13-18(26)8-10-21(20)37(32,34)35/h7-10,13,17,23H,6,11-12,14H2,1-5H3,(H,29,33)/t17-,23+/m1/s1. The van der Waals surface area contributed by atoms with Crippen LogP contribution in [0.5, 0.6) is 0 Å². The van der Waals surface area contributed by atoms with Crippen LogP contribution >= 0.6 is 11.6 Å². The third-order valence-corrected chi connectivity index (χ3v) is 8.97. The van der Waals surface area contributed by atoms with Crippen LogP contribution in [0.1, 0.15) is 47.9 Å². The second-order valence-electron chi connectivity index (χ2n) is 9.65. The molecule has 1 aliphatic heterocycles. The fourth-order valence-corrected chi connectivity index (χ4v) is 6.86. The van der Waals surface area contributed by atoms with Crippen molar-refractivity contribution in [1.29, 1.82) is 0 Å². The molecule has 9 nitrogen and oxygen atoms in total. The van der Waals surface area contributed by atoms with Crippen LogP contribution in [0.3, 0.4) is 0 Å². The number of hydrogen-bond acceptors (Lipinski definition) is 7. The summed E-state index contributed by atoms with van der Waals surface area (Å²) in [5.41, 5.74) is 2.39. The SMILES string of the molecule is Cc1ccc(F)c([C@@H](C)[C@@H](c2n[nH]c(=O)o2)N2CN(CCCN(C)C)c3cc(Cl)ccc3S2(=O)=O)c1C. The predicted molar refractivity (Wildman–Crippen MR) is 140 cm³/mol. The monoisotopic (exact) mass is 551 g/mol. The third kappa shape index (κ3) is 5.31. The van der Waals surface area contributed by atoms with Crippen molar-refractivity contribution in [1.82, 2.24) is 19.4 Å². The molecular weight excluding hydrogens is 521 g/mol. The highest BCUT2D eigenvalue weighted by atomic mass is 35.5. The molecule has 3 aromatic rings. The number of nitrogens with one attached hydrogen (secondary N) is 1. The number of hydrogen-bond donors (Lipinski definition) is 1. The molecule has 4 rings (SSSR count). The van der Waals surface area contributed by atoms with Crippen LogP contribution in [0, 0.1) is 19.7 Å². The number of halogens is 2. The minimum absolute atomic E-state index is 0.0544. The van der Waals surface area contributed by atoms with Gasteiger partial charge in [-0.3, -0.25) is 0 Å². The first-order valence-electron chi connectivity index (χ1n) is 11.9. The Labute approximate surface area is 220 Å². The molecule has 1 aromatic heterocycles. The summed E-state index contributed by atoms with van der Waals surface area (Å²) in [5, 5.41) is 6.63. The largest absolute Gasteiger partial charge is 0.434 e. The summed E-state index contributed by atoms with van der Waals surface area (Å²) in [7, 11) is -0.184. The fraction of sp³-hybridized carbons (Fsp3) is 0.440. The Morgan fingerprint density at radius 1 is 1.24 bits per heavy atom. The average Bonchev–Trinajstić information content (AvgIpc) is 3.24. The molecule has 0 saturated carbocycles. The molecule has 37 heavy (non-hydrogen) atoms. The van der Waals surface area contributed by atoms with Crippen LogP contribution < -0.4 is 10.7 Å². The van der Waals surface area contributed by atoms with Crippen molar-refractivity contribution in [3.63, 3.8) is 0 Å². The zero-order chi connectivity index (χ0) is 27.1. The topological polar surface area (TPSA) is 103 Å². The highest BCUT2D eigenvalue weighted by Gasteiger charge is 2.45. The first-order chi connectivity index (χ1) is 17.4. The molecule has 12 heteroatoms. The predicted octanol–water partition coefficient (Wildman–Crippen LogP) is 4.04. The van der Waals surface area contributed by atoms with Gasteiger partial charge in [-0.2, -0.15) is 4.31 Å². The summed E-state index contributed by atoms with van der Waals surface area (Å²) in [6.07, 6.45) is 0.760. The lowest BCUT2D eigenvalue weighted by molar-refractivity contribution is 0.233. The molecule has 0 amide bonds. The molecule has 0 unspecified atom stereocenters. The number of nitrogens with zero attached hydrogens (tertiary/aromatic N) is 4. The summed E-state index contributed by atoms with van der Waals surface area (Å²) in [5.74, 6) is -2.16. The first kappa shape index (κ1) is 27.3. The van der Waals surface area contributed by atoms with Gasteiger partial charge in [-0.05, 0) is 81.9 Å². The molecule has 0 radical (unpaired) electrons. The van der Waals surface area contributed by atoms with E-state index in [1.165, 1.54) is 22.5 Å². The second kappa shape index (κ2) is 10.6. The lowest BCUT2D eigenvalue weighted by Crippen LogP contribution is -2.49. The van der Waals surface area contributed by atoms with Gasteiger partial charge in [0.05, 0.1) is 12.4 Å². The van der Waals surface area contributed by atoms with Gasteiger partial charge in [0.1, 0.15) is 16.8 Å². The van der Waals surface area contributed by atoms with E-state index >= 15 is 4.39 Å². The molecule has 2 heterocycles. The molecule has 0 saturated heterocycles. The van der Waals surface area contributed by atoms with E-state index < -0.39 is 33.6 Å². The van der Waals surface area contributed by atoms with Crippen LogP contribution in [0.4, 0.5) is 10.1 Å². The zero-order valence-electron chi connectivity index (χ0n) is 21.5. The third-order valence-electron chi connectivity index (χ3n) is 6.87. The van der Waals surface area contributed by atoms with E-state index in [4.69, 9.17) is 16.0 Å². The van der Waals surface area contributed by atoms with Gasteiger partial charge in [0.25, 0.3) is 0 Å². The van der Waals surface area contributed by atoms with E-state index in [1.54, 1.807) is 26.0 Å². The van der Waals surface area contributed by atoms with E-state index in [1.807, 2.05) is 30.8 Å². The van der Waals surface area contributed by atoms with Crippen molar-refractivity contribution in [3.8, 4) is 0 Å². The maximum atomic E-state index is 15.2. The number of benzene rings is 2. The highest BCUT2D eigenvalue weighted by molar-refractivity contribution is 7.89. The van der Waals surface area contributed by atoms with E-state index in [-0.39, 0.29) is 17.5 Å². The molecule has 200 valence electrons. The molecule has 0 fully saturated rings. The molecule has 0 spiro atoms. The average molecular weight is 552 g/mol. The van der Waals surface area contributed by atoms with Gasteiger partial charge < -0.3 is 14.2 Å². The van der Waals surface area contributed by atoms with Crippen molar-refractivity contribution in [3.05, 3.63) is 74.3 Å². The maximum absolute atomic E-state index is 15.2. The normalized spacial score (nSPS) is 17.1. The van der Waals surface area contributed by atoms with Gasteiger partial charge in [0.2, 0.25) is 15.9 Å². The summed E-state index contributed by atoms with van der Waals surface area (Å²) in [4.78, 5) is 16.0. The Hall–Kier alpha value is -2.73. The number of anilines is 1. The number of H-pyrrole nitrogens is 1. The first-order valence-corrected chi connectivity index (χ1v) is 13.8. The Kier molecular flexibility index (Phi) is 7.80. The lowest BCUT2D eigenvalue weighted by atomic mass is 9.87. The van der Waals surface area contributed by atoms with Crippen LogP contribution in [-0.2, 0) is 10.0 Å². The van der Waals surface area contributed by atoms with Crippen molar-refractivity contribution in [2.75, 3.05) is 38.8 Å². The van der Waals surface area contributed by atoms with Crippen LogP contribution in [0.15, 0.2) is 44.4 Å². The lowest BCUT2D eigenvalue weighted by Gasteiger charge is -2.42. The van der Waals surface area contributed by atoms with E-state index in [0.29, 0.717) is 28.4 Å². The zero-order valence-corrected chi connectivity index (χ0v) is 23.0. The van der Waals surface area contributed by atoms with Crippen molar-refractivity contribution < 1.29 is 17.2 Å². The van der Waals surface area contributed by atoms with Crippen molar-refractivity contribution >= 4 is 27.3 Å². The van der Waals surface area contributed by atoms with Gasteiger partial charge in [0, 0.05) is 17.5 Å². The van der Waals surface area contributed by atoms with Gasteiger partial charge in [-0.1, -0.05) is 24.6 Å². The fourth-order valence-electron chi connectivity index (χ4n) is 4.88. The molecular formula is C25H31ClFN5O4S. The summed E-state index contributed by atoms with van der Waals surface area (Å²) in [6.45, 7) is 6.65. The summed E-state index contributed by atoms with van der Waals surface area (Å²) in [6, 6.07) is 6.57. The van der Waals surface area contributed by atoms with Gasteiger partial charge in [-0.25, -0.2) is 22.7 Å². The quantitative estimate of drug-likeness (QED) is 0.451. The Morgan fingerprint density at radius 3 is 2.62 bits per heavy atom. The van der Waals surface area contributed by atoms with Gasteiger partial charge in [-0.15, -0.1) is 5.10 Å². The van der Waals surface area contributed by atoms with E-state index in [2.05, 4.69) is 10.2 Å². The maximum Gasteiger partial charge on any atom is 0.434 e. The molecule has 0 aliphatic carbocycles. The van der Waals surface area contributed by atoms with Crippen LogP contribution in [0.2, 0.25) is 5.02 Å². The van der Waals surface area contributed by atoms with E-state index in [0.717, 1.165) is 18.5 Å². The number of rotatable bonds is 8. The minimum atomic E-state index is -4.12. The number of sulfonamides is 1. The second-order valence-corrected chi connectivity index (χ2v) is 11.9. The van der Waals surface area contributed by atoms with Crippen molar-refractivity contribution in [2.45, 2.75) is 44.0 Å². The Morgan fingerprint density at radius 2 is 1.97 bits per heavy atom. The van der Waals surface area contributed by atoms with Crippen LogP contribution in [-0.4, -0.2) is 61.7 Å². The molecule has 1 N–H and O–H groups in total. The number of fused-ring (bicyclic) bond motifs is 1. The van der Waals surface area contributed by atoms with Gasteiger partial charge >= 0.3 is 5.76 Å². The Balaban J connectivity index is 1.87. The van der Waals surface area contributed by atoms with Crippen molar-refractivity contribution in [2.24, 2.45) is 0 Å². The number of aryl methyl sites for hydroxylation is 1. The molecule has 1 aliphatic rings. The van der Waals surface area contributed by atoms with Gasteiger partial charge in [0.15, 0.2) is 0 Å². The number of aromatic nitrogens is 2. The highest BCUT2D eigenvalue weighted by Crippen LogP contribution is 2.44. The summed E-state index contributed by atoms with van der Waals surface area (Å²) < 4.78 is 49.8. The minimum Gasteiger partial charge on any atom is -0.391 e. The smallest absolute Gasteiger partial charge is 0.391 e. The molecule has 2 aromatic carbocycles. The van der Waals surface area contributed by atoms with E-state index in [9.17, 15) is 13.2 Å². The molecule has 0 bridgehead atoms. The Bertz CT molecular complexity index is 1460. The van der Waals surface area contributed by atoms with Crippen LogP contribution in [0.25, 0.3) is 0 Å². The summed E-state index contributed by atoms with van der Waals surface area (Å²) >= 11 is 6.25.